The minimum Gasteiger partial charge on any atom is -0.322 e. The van der Waals surface area contributed by atoms with Gasteiger partial charge in [0.15, 0.2) is 0 Å². The SMILES string of the molecule is NC12CNCCCNC(N)(CNCCNC1)CNCCNC2. The molecule has 0 atom stereocenters. The molecule has 0 aromatic heterocycles. The van der Waals surface area contributed by atoms with Gasteiger partial charge in [0.1, 0.15) is 0 Å². The molecule has 10 N–H and O–H groups in total. The molecule has 3 aliphatic rings. The van der Waals surface area contributed by atoms with Crippen molar-refractivity contribution in [2.24, 2.45) is 11.5 Å². The fourth-order valence-corrected chi connectivity index (χ4v) is 2.91. The molecular formula is C14H34N8. The van der Waals surface area contributed by atoms with Crippen LogP contribution in [0, 0.1) is 0 Å². The van der Waals surface area contributed by atoms with Crippen LogP contribution in [-0.2, 0) is 0 Å². The molecule has 2 bridgehead atoms. The molecule has 3 rings (SSSR count). The molecule has 0 radical (unpaired) electrons. The van der Waals surface area contributed by atoms with Crippen molar-refractivity contribution in [3.05, 3.63) is 0 Å². The third-order valence-electron chi connectivity index (χ3n) is 4.28. The van der Waals surface area contributed by atoms with Crippen molar-refractivity contribution in [1.29, 1.82) is 0 Å². The Labute approximate surface area is 133 Å². The fourth-order valence-electron chi connectivity index (χ4n) is 2.91. The van der Waals surface area contributed by atoms with Crippen LogP contribution >= 0.6 is 0 Å². The van der Waals surface area contributed by atoms with Crippen LogP contribution in [0.25, 0.3) is 0 Å². The molecule has 0 amide bonds. The topological polar surface area (TPSA) is 124 Å². The van der Waals surface area contributed by atoms with Gasteiger partial charge in [0.2, 0.25) is 0 Å². The average Bonchev–Trinajstić information content (AvgIpc) is 2.49. The number of rotatable bonds is 0. The zero-order valence-corrected chi connectivity index (χ0v) is 13.6. The van der Waals surface area contributed by atoms with Gasteiger partial charge in [0.25, 0.3) is 0 Å². The van der Waals surface area contributed by atoms with E-state index in [1.807, 2.05) is 0 Å². The van der Waals surface area contributed by atoms with Crippen molar-refractivity contribution in [3.63, 3.8) is 0 Å². The standard InChI is InChI=1S/C14H34N8/c15-13-8-17-2-1-3-22-14(16,11-20-6-4-18-9-13)12-21-7-5-19-10-13/h17-22H,1-12,15-16H2. The Kier molecular flexibility index (Phi) is 7.45. The highest BCUT2D eigenvalue weighted by Crippen LogP contribution is 1.98. The van der Waals surface area contributed by atoms with E-state index in [0.29, 0.717) is 0 Å². The first kappa shape index (κ1) is 18.0. The molecule has 0 aliphatic carbocycles. The van der Waals surface area contributed by atoms with Gasteiger partial charge in [0.05, 0.1) is 11.2 Å². The van der Waals surface area contributed by atoms with Crippen LogP contribution in [0.2, 0.25) is 0 Å². The summed E-state index contributed by atoms with van der Waals surface area (Å²) in [6.45, 7) is 9.31. The highest BCUT2D eigenvalue weighted by Gasteiger charge is 2.26. The Morgan fingerprint density at radius 1 is 0.545 bits per heavy atom. The quantitative estimate of drug-likeness (QED) is 0.230. The van der Waals surface area contributed by atoms with Crippen molar-refractivity contribution in [2.45, 2.75) is 17.6 Å². The number of fused-ring (bicyclic) bond motifs is 15. The molecule has 3 fully saturated rings. The van der Waals surface area contributed by atoms with E-state index in [9.17, 15) is 0 Å². The lowest BCUT2D eigenvalue weighted by atomic mass is 10.0. The summed E-state index contributed by atoms with van der Waals surface area (Å²) in [7, 11) is 0. The first-order chi connectivity index (χ1) is 10.6. The number of hydrogen-bond acceptors (Lipinski definition) is 8. The Balaban J connectivity index is 2.03. The largest absolute Gasteiger partial charge is 0.322 e. The molecule has 8 nitrogen and oxygen atoms in total. The Hall–Kier alpha value is -0.320. The van der Waals surface area contributed by atoms with E-state index in [1.165, 1.54) is 0 Å². The molecular weight excluding hydrogens is 280 g/mol. The average molecular weight is 314 g/mol. The predicted molar refractivity (Wildman–Crippen MR) is 90.8 cm³/mol. The van der Waals surface area contributed by atoms with Gasteiger partial charge in [-0.1, -0.05) is 0 Å². The fraction of sp³-hybridized carbons (Fsp3) is 1.00. The van der Waals surface area contributed by atoms with Gasteiger partial charge in [-0.25, -0.2) is 0 Å². The normalized spacial score (nSPS) is 37.4. The third kappa shape index (κ3) is 6.43. The van der Waals surface area contributed by atoms with Crippen LogP contribution in [0.4, 0.5) is 0 Å². The summed E-state index contributed by atoms with van der Waals surface area (Å²) in [6, 6.07) is 0. The zero-order chi connectivity index (χ0) is 15.7. The van der Waals surface area contributed by atoms with Crippen molar-refractivity contribution < 1.29 is 0 Å². The van der Waals surface area contributed by atoms with Gasteiger partial charge in [-0.05, 0) is 19.5 Å². The van der Waals surface area contributed by atoms with Crippen LogP contribution in [0.5, 0.6) is 0 Å². The minimum absolute atomic E-state index is 0.265. The third-order valence-corrected chi connectivity index (χ3v) is 4.28. The van der Waals surface area contributed by atoms with Crippen molar-refractivity contribution in [1.82, 2.24) is 31.9 Å². The van der Waals surface area contributed by atoms with Crippen LogP contribution in [0.15, 0.2) is 0 Å². The summed E-state index contributed by atoms with van der Waals surface area (Å²) in [5, 5.41) is 20.8. The van der Waals surface area contributed by atoms with Gasteiger partial charge in [-0.15, -0.1) is 0 Å². The molecule has 0 unspecified atom stereocenters. The smallest absolute Gasteiger partial charge is 0.0918 e. The molecule has 0 aromatic rings. The van der Waals surface area contributed by atoms with E-state index < -0.39 is 5.66 Å². The summed E-state index contributed by atoms with van der Waals surface area (Å²) >= 11 is 0. The van der Waals surface area contributed by atoms with E-state index >= 15 is 0 Å². The summed E-state index contributed by atoms with van der Waals surface area (Å²) < 4.78 is 0. The number of nitrogens with two attached hydrogens (primary N) is 2. The van der Waals surface area contributed by atoms with Crippen LogP contribution in [0.3, 0.4) is 0 Å². The lowest BCUT2D eigenvalue weighted by molar-refractivity contribution is 0.286. The zero-order valence-electron chi connectivity index (χ0n) is 13.6. The lowest BCUT2D eigenvalue weighted by Crippen LogP contribution is -2.67. The number of nitrogens with one attached hydrogen (secondary N) is 6. The van der Waals surface area contributed by atoms with Gasteiger partial charge in [0, 0.05) is 58.9 Å². The maximum Gasteiger partial charge on any atom is 0.0918 e. The first-order valence-electron chi connectivity index (χ1n) is 8.48. The molecule has 130 valence electrons. The lowest BCUT2D eigenvalue weighted by Gasteiger charge is -2.34. The maximum atomic E-state index is 6.56. The summed E-state index contributed by atoms with van der Waals surface area (Å²) in [5.74, 6) is 0. The van der Waals surface area contributed by atoms with Crippen LogP contribution < -0.4 is 43.4 Å². The Bertz CT molecular complexity index is 238. The Morgan fingerprint density at radius 2 is 1.00 bits per heavy atom. The highest BCUT2D eigenvalue weighted by atomic mass is 15.2. The second-order valence-electron chi connectivity index (χ2n) is 6.68. The summed E-state index contributed by atoms with van der Waals surface area (Å²) in [6.07, 6.45) is 1.04. The first-order valence-corrected chi connectivity index (χ1v) is 8.48. The van der Waals surface area contributed by atoms with E-state index in [2.05, 4.69) is 31.9 Å². The van der Waals surface area contributed by atoms with Crippen LogP contribution in [-0.4, -0.2) is 83.2 Å². The van der Waals surface area contributed by atoms with E-state index in [-0.39, 0.29) is 5.54 Å². The Morgan fingerprint density at radius 3 is 1.55 bits per heavy atom. The predicted octanol–water partition coefficient (Wildman–Crippen LogP) is -3.71. The van der Waals surface area contributed by atoms with Gasteiger partial charge >= 0.3 is 0 Å². The van der Waals surface area contributed by atoms with Crippen molar-refractivity contribution in [2.75, 3.05) is 72.0 Å². The summed E-state index contributed by atoms with van der Waals surface area (Å²) in [5.41, 5.74) is 12.4. The molecule has 0 aromatic carbocycles. The molecule has 0 spiro atoms. The monoisotopic (exact) mass is 314 g/mol. The number of hydrogen-bond donors (Lipinski definition) is 8. The van der Waals surface area contributed by atoms with Crippen molar-refractivity contribution >= 4 is 0 Å². The van der Waals surface area contributed by atoms with Gasteiger partial charge in [-0.2, -0.15) is 0 Å². The van der Waals surface area contributed by atoms with Crippen LogP contribution in [0.1, 0.15) is 6.42 Å². The van der Waals surface area contributed by atoms with Gasteiger partial charge in [-0.3, -0.25) is 5.32 Å². The van der Waals surface area contributed by atoms with Crippen molar-refractivity contribution in [3.8, 4) is 0 Å². The second kappa shape index (κ2) is 9.09. The summed E-state index contributed by atoms with van der Waals surface area (Å²) in [4.78, 5) is 0. The van der Waals surface area contributed by atoms with E-state index in [1.54, 1.807) is 0 Å². The molecule has 8 heteroatoms. The highest BCUT2D eigenvalue weighted by molar-refractivity contribution is 4.93. The molecule has 3 saturated heterocycles. The minimum atomic E-state index is -0.411. The van der Waals surface area contributed by atoms with E-state index in [0.717, 1.165) is 78.4 Å². The van der Waals surface area contributed by atoms with Gasteiger partial charge < -0.3 is 38.1 Å². The maximum absolute atomic E-state index is 6.56. The molecule has 3 heterocycles. The second-order valence-corrected chi connectivity index (χ2v) is 6.68. The molecule has 22 heavy (non-hydrogen) atoms. The molecule has 0 saturated carbocycles. The van der Waals surface area contributed by atoms with E-state index in [4.69, 9.17) is 11.5 Å². The molecule has 3 aliphatic heterocycles.